The van der Waals surface area contributed by atoms with Crippen molar-refractivity contribution in [2.24, 2.45) is 0 Å². The maximum absolute atomic E-state index is 12.5. The Hall–Kier alpha value is -1.23. The van der Waals surface area contributed by atoms with Gasteiger partial charge in [-0.05, 0) is 19.3 Å². The van der Waals surface area contributed by atoms with Crippen LogP contribution in [0.5, 0.6) is 0 Å². The number of halogens is 1. The van der Waals surface area contributed by atoms with Crippen molar-refractivity contribution in [2.75, 3.05) is 19.0 Å². The third-order valence-corrected chi connectivity index (χ3v) is 2.89. The molecule has 5 heteroatoms. The maximum atomic E-state index is 12.5. The first-order valence-electron chi connectivity index (χ1n) is 5.01. The molecule has 1 saturated carbocycles. The number of hydrogen-bond donors (Lipinski definition) is 1. The number of anilines is 1. The highest BCUT2D eigenvalue weighted by Gasteiger charge is 2.36. The van der Waals surface area contributed by atoms with Crippen LogP contribution in [0.25, 0.3) is 0 Å². The van der Waals surface area contributed by atoms with Gasteiger partial charge in [0.15, 0.2) is 5.82 Å². The zero-order valence-electron chi connectivity index (χ0n) is 8.66. The number of methoxy groups -OCH3 is 1. The summed E-state index contributed by atoms with van der Waals surface area (Å²) in [4.78, 5) is 7.64. The normalized spacial score (nSPS) is 18.3. The predicted molar refractivity (Wildman–Crippen MR) is 54.1 cm³/mol. The van der Waals surface area contributed by atoms with Crippen LogP contribution in [0.4, 0.5) is 10.3 Å². The van der Waals surface area contributed by atoms with Crippen LogP contribution >= 0.6 is 0 Å². The van der Waals surface area contributed by atoms with E-state index in [1.807, 2.05) is 0 Å². The van der Waals surface area contributed by atoms with Gasteiger partial charge in [0.1, 0.15) is 0 Å². The van der Waals surface area contributed by atoms with Crippen molar-refractivity contribution in [3.63, 3.8) is 0 Å². The average Bonchev–Trinajstić information content (AvgIpc) is 2.20. The number of nitrogens with one attached hydrogen (secondary N) is 1. The van der Waals surface area contributed by atoms with Gasteiger partial charge in [-0.3, -0.25) is 0 Å². The van der Waals surface area contributed by atoms with Crippen molar-refractivity contribution in [3.05, 3.63) is 18.2 Å². The second-order valence-electron chi connectivity index (χ2n) is 3.82. The van der Waals surface area contributed by atoms with Crippen molar-refractivity contribution in [1.29, 1.82) is 0 Å². The molecule has 1 aromatic rings. The Kier molecular flexibility index (Phi) is 2.81. The van der Waals surface area contributed by atoms with Crippen LogP contribution < -0.4 is 5.32 Å². The van der Waals surface area contributed by atoms with Crippen LogP contribution in [0.2, 0.25) is 0 Å². The van der Waals surface area contributed by atoms with E-state index in [-0.39, 0.29) is 5.60 Å². The van der Waals surface area contributed by atoms with Crippen molar-refractivity contribution < 1.29 is 9.13 Å². The first-order valence-corrected chi connectivity index (χ1v) is 5.01. The summed E-state index contributed by atoms with van der Waals surface area (Å²) in [7, 11) is 1.71. The maximum Gasteiger partial charge on any atom is 0.222 e. The fourth-order valence-electron chi connectivity index (χ4n) is 1.67. The van der Waals surface area contributed by atoms with Gasteiger partial charge in [0, 0.05) is 13.7 Å². The summed E-state index contributed by atoms with van der Waals surface area (Å²) in [5.74, 6) is 0.0189. The van der Waals surface area contributed by atoms with E-state index >= 15 is 0 Å². The first-order chi connectivity index (χ1) is 7.24. The fourth-order valence-corrected chi connectivity index (χ4v) is 1.67. The van der Waals surface area contributed by atoms with E-state index in [0.717, 1.165) is 25.2 Å². The summed E-state index contributed by atoms with van der Waals surface area (Å²) < 4.78 is 18.0. The minimum Gasteiger partial charge on any atom is -0.376 e. The van der Waals surface area contributed by atoms with Gasteiger partial charge in [-0.25, -0.2) is 14.4 Å². The van der Waals surface area contributed by atoms with Gasteiger partial charge >= 0.3 is 0 Å². The molecule has 0 aromatic carbocycles. The molecule has 2 rings (SSSR count). The third kappa shape index (κ3) is 2.23. The van der Waals surface area contributed by atoms with E-state index in [1.165, 1.54) is 6.42 Å². The van der Waals surface area contributed by atoms with Crippen LogP contribution in [0, 0.1) is 5.82 Å². The molecule has 0 spiro atoms. The largest absolute Gasteiger partial charge is 0.376 e. The SMILES string of the molecule is COC1(CNc2ncc(F)cn2)CCC1. The standard InChI is InChI=1S/C10H14FN3O/c1-15-10(3-2-4-10)7-14-9-12-5-8(11)6-13-9/h5-6H,2-4,7H2,1H3,(H,12,13,14). The Labute approximate surface area is 87.9 Å². The van der Waals surface area contributed by atoms with E-state index in [2.05, 4.69) is 15.3 Å². The highest BCUT2D eigenvalue weighted by Crippen LogP contribution is 2.34. The lowest BCUT2D eigenvalue weighted by atomic mass is 9.80. The molecule has 1 N–H and O–H groups in total. The van der Waals surface area contributed by atoms with E-state index in [0.29, 0.717) is 12.5 Å². The second-order valence-corrected chi connectivity index (χ2v) is 3.82. The minimum atomic E-state index is -0.425. The molecule has 0 atom stereocenters. The number of nitrogens with zero attached hydrogens (tertiary/aromatic N) is 2. The summed E-state index contributed by atoms with van der Waals surface area (Å²) in [6.45, 7) is 0.676. The summed E-state index contributed by atoms with van der Waals surface area (Å²) in [5.41, 5.74) is -0.0717. The lowest BCUT2D eigenvalue weighted by Crippen LogP contribution is -2.45. The van der Waals surface area contributed by atoms with Gasteiger partial charge < -0.3 is 10.1 Å². The minimum absolute atomic E-state index is 0.0717. The molecule has 0 unspecified atom stereocenters. The van der Waals surface area contributed by atoms with Gasteiger partial charge in [0.25, 0.3) is 0 Å². The fraction of sp³-hybridized carbons (Fsp3) is 0.600. The van der Waals surface area contributed by atoms with Crippen LogP contribution in [-0.4, -0.2) is 29.2 Å². The van der Waals surface area contributed by atoms with E-state index in [1.54, 1.807) is 7.11 Å². The van der Waals surface area contributed by atoms with Crippen molar-refractivity contribution in [3.8, 4) is 0 Å². The van der Waals surface area contributed by atoms with Gasteiger partial charge in [0.2, 0.25) is 5.95 Å². The molecule has 1 heterocycles. The van der Waals surface area contributed by atoms with E-state index in [9.17, 15) is 4.39 Å². The third-order valence-electron chi connectivity index (χ3n) is 2.89. The number of aromatic nitrogens is 2. The van der Waals surface area contributed by atoms with E-state index < -0.39 is 5.82 Å². The summed E-state index contributed by atoms with van der Waals surface area (Å²) >= 11 is 0. The highest BCUT2D eigenvalue weighted by molar-refractivity contribution is 5.24. The molecule has 0 aliphatic heterocycles. The number of rotatable bonds is 4. The van der Waals surface area contributed by atoms with Crippen molar-refractivity contribution in [2.45, 2.75) is 24.9 Å². The Bertz CT molecular complexity index is 318. The lowest BCUT2D eigenvalue weighted by Gasteiger charge is -2.40. The molecule has 4 nitrogen and oxygen atoms in total. The van der Waals surface area contributed by atoms with Crippen LogP contribution in [0.1, 0.15) is 19.3 Å². The van der Waals surface area contributed by atoms with Crippen LogP contribution in [-0.2, 0) is 4.74 Å². The lowest BCUT2D eigenvalue weighted by molar-refractivity contribution is -0.0602. The molecular formula is C10H14FN3O. The molecule has 1 aliphatic carbocycles. The topological polar surface area (TPSA) is 47.0 Å². The highest BCUT2D eigenvalue weighted by atomic mass is 19.1. The quantitative estimate of drug-likeness (QED) is 0.821. The average molecular weight is 211 g/mol. The second kappa shape index (κ2) is 4.10. The van der Waals surface area contributed by atoms with Gasteiger partial charge in [-0.15, -0.1) is 0 Å². The van der Waals surface area contributed by atoms with Gasteiger partial charge in [0.05, 0.1) is 18.0 Å². The zero-order chi connectivity index (χ0) is 10.7. The molecular weight excluding hydrogens is 197 g/mol. The molecule has 1 aliphatic rings. The zero-order valence-corrected chi connectivity index (χ0v) is 8.66. The Balaban J connectivity index is 1.90. The molecule has 82 valence electrons. The summed E-state index contributed by atoms with van der Waals surface area (Å²) in [6.07, 6.45) is 5.60. The van der Waals surface area contributed by atoms with E-state index in [4.69, 9.17) is 4.74 Å². The van der Waals surface area contributed by atoms with Crippen LogP contribution in [0.15, 0.2) is 12.4 Å². The molecule has 0 bridgehead atoms. The molecule has 1 fully saturated rings. The predicted octanol–water partition coefficient (Wildman–Crippen LogP) is 1.60. The molecule has 0 saturated heterocycles. The molecule has 1 aromatic heterocycles. The van der Waals surface area contributed by atoms with Crippen LogP contribution in [0.3, 0.4) is 0 Å². The van der Waals surface area contributed by atoms with Crippen molar-refractivity contribution in [1.82, 2.24) is 9.97 Å². The Morgan fingerprint density at radius 2 is 2.13 bits per heavy atom. The van der Waals surface area contributed by atoms with Gasteiger partial charge in [-0.1, -0.05) is 0 Å². The molecule has 0 radical (unpaired) electrons. The van der Waals surface area contributed by atoms with Crippen molar-refractivity contribution >= 4 is 5.95 Å². The summed E-state index contributed by atoms with van der Waals surface area (Å²) in [6, 6.07) is 0. The Morgan fingerprint density at radius 1 is 1.47 bits per heavy atom. The Morgan fingerprint density at radius 3 is 2.60 bits per heavy atom. The smallest absolute Gasteiger partial charge is 0.222 e. The summed E-state index contributed by atoms with van der Waals surface area (Å²) in [5, 5.41) is 3.05. The monoisotopic (exact) mass is 211 g/mol. The first kappa shape index (κ1) is 10.3. The van der Waals surface area contributed by atoms with Gasteiger partial charge in [-0.2, -0.15) is 0 Å². The molecule has 0 amide bonds. The number of ether oxygens (including phenoxy) is 1. The molecule has 15 heavy (non-hydrogen) atoms. The number of hydrogen-bond acceptors (Lipinski definition) is 4.